The summed E-state index contributed by atoms with van der Waals surface area (Å²) in [7, 11) is 0. The maximum absolute atomic E-state index is 12.5. The highest BCUT2D eigenvalue weighted by molar-refractivity contribution is 5.94. The van der Waals surface area contributed by atoms with Gasteiger partial charge in [0.05, 0.1) is 23.3 Å². The third-order valence-electron chi connectivity index (χ3n) is 4.53. The van der Waals surface area contributed by atoms with Gasteiger partial charge in [-0.15, -0.1) is 0 Å². The number of rotatable bonds is 6. The van der Waals surface area contributed by atoms with Crippen LogP contribution in [0.2, 0.25) is 0 Å². The van der Waals surface area contributed by atoms with E-state index < -0.39 is 19.3 Å². The van der Waals surface area contributed by atoms with Crippen molar-refractivity contribution in [3.63, 3.8) is 0 Å². The summed E-state index contributed by atoms with van der Waals surface area (Å²) in [5.41, 5.74) is 1.10. The summed E-state index contributed by atoms with van der Waals surface area (Å²) in [5.74, 6) is -0.0998. The van der Waals surface area contributed by atoms with Crippen molar-refractivity contribution in [3.05, 3.63) is 30.0 Å². The molecule has 3 rings (SSSR count). The number of alkyl halides is 5. The number of hydrogen-bond acceptors (Lipinski definition) is 5. The molecule has 0 radical (unpaired) electrons. The summed E-state index contributed by atoms with van der Waals surface area (Å²) in [6.07, 6.45) is -2.28. The lowest BCUT2D eigenvalue weighted by atomic mass is 10.1. The smallest absolute Gasteiger partial charge is 0.401 e. The Labute approximate surface area is 157 Å². The van der Waals surface area contributed by atoms with Gasteiger partial charge in [0.1, 0.15) is 11.8 Å². The van der Waals surface area contributed by atoms with Gasteiger partial charge in [0, 0.05) is 24.7 Å². The molecular formula is C18H17F5N4O. The van der Waals surface area contributed by atoms with Crippen LogP contribution < -0.4 is 10.1 Å². The Bertz CT molecular complexity index is 881. The molecule has 1 atom stereocenters. The van der Waals surface area contributed by atoms with Crippen molar-refractivity contribution in [2.24, 2.45) is 5.92 Å². The van der Waals surface area contributed by atoms with Gasteiger partial charge in [0.15, 0.2) is 0 Å². The molecule has 0 spiro atoms. The van der Waals surface area contributed by atoms with Crippen molar-refractivity contribution in [2.45, 2.75) is 19.2 Å². The van der Waals surface area contributed by atoms with Gasteiger partial charge >= 0.3 is 12.8 Å². The SMILES string of the molecule is N#Cc1cnc2ccc(OC(F)F)cc2c1NCC1CCN(CC(F)(F)F)C1. The van der Waals surface area contributed by atoms with E-state index in [0.717, 1.165) is 0 Å². The summed E-state index contributed by atoms with van der Waals surface area (Å²) < 4.78 is 66.9. The summed E-state index contributed by atoms with van der Waals surface area (Å²) >= 11 is 0. The lowest BCUT2D eigenvalue weighted by Crippen LogP contribution is -2.33. The molecule has 0 bridgehead atoms. The fourth-order valence-electron chi connectivity index (χ4n) is 3.35. The first-order valence-corrected chi connectivity index (χ1v) is 8.56. The van der Waals surface area contributed by atoms with Crippen LogP contribution in [0.1, 0.15) is 12.0 Å². The second-order valence-corrected chi connectivity index (χ2v) is 6.60. The van der Waals surface area contributed by atoms with Gasteiger partial charge in [-0.2, -0.15) is 27.2 Å². The molecule has 10 heteroatoms. The minimum absolute atomic E-state index is 0.0300. The predicted octanol–water partition coefficient (Wildman–Crippen LogP) is 4.00. The third-order valence-corrected chi connectivity index (χ3v) is 4.53. The molecule has 5 nitrogen and oxygen atoms in total. The molecule has 150 valence electrons. The van der Waals surface area contributed by atoms with Gasteiger partial charge in [-0.3, -0.25) is 9.88 Å². The Morgan fingerprint density at radius 3 is 2.82 bits per heavy atom. The van der Waals surface area contributed by atoms with E-state index in [1.165, 1.54) is 29.3 Å². The monoisotopic (exact) mass is 400 g/mol. The van der Waals surface area contributed by atoms with Crippen LogP contribution in [0.3, 0.4) is 0 Å². The number of hydrogen-bond donors (Lipinski definition) is 1. The summed E-state index contributed by atoms with van der Waals surface area (Å²) in [6, 6.07) is 6.20. The van der Waals surface area contributed by atoms with Crippen molar-refractivity contribution in [3.8, 4) is 11.8 Å². The van der Waals surface area contributed by atoms with Gasteiger partial charge < -0.3 is 10.1 Å². The van der Waals surface area contributed by atoms with Crippen LogP contribution in [0.25, 0.3) is 10.9 Å². The number of halogens is 5. The van der Waals surface area contributed by atoms with Gasteiger partial charge in [0.2, 0.25) is 0 Å². The second kappa shape index (κ2) is 8.14. The van der Waals surface area contributed by atoms with Crippen LogP contribution >= 0.6 is 0 Å². The first-order chi connectivity index (χ1) is 13.2. The molecule has 1 aliphatic rings. The van der Waals surface area contributed by atoms with E-state index in [1.807, 2.05) is 6.07 Å². The van der Waals surface area contributed by atoms with Crippen LogP contribution in [-0.2, 0) is 0 Å². The number of likely N-dealkylation sites (tertiary alicyclic amines) is 1. The van der Waals surface area contributed by atoms with E-state index in [0.29, 0.717) is 36.1 Å². The van der Waals surface area contributed by atoms with Crippen molar-refractivity contribution in [1.82, 2.24) is 9.88 Å². The molecule has 1 aromatic carbocycles. The average molecular weight is 400 g/mol. The molecule has 2 aromatic rings. The van der Waals surface area contributed by atoms with Crippen LogP contribution in [0, 0.1) is 17.2 Å². The van der Waals surface area contributed by atoms with Gasteiger partial charge in [-0.1, -0.05) is 0 Å². The van der Waals surface area contributed by atoms with Gasteiger partial charge in [-0.25, -0.2) is 0 Å². The fraction of sp³-hybridized carbons (Fsp3) is 0.444. The van der Waals surface area contributed by atoms with Crippen molar-refractivity contribution in [2.75, 3.05) is 31.5 Å². The first kappa shape index (κ1) is 20.1. The van der Waals surface area contributed by atoms with Crippen molar-refractivity contribution >= 4 is 16.6 Å². The number of fused-ring (bicyclic) bond motifs is 1. The number of aromatic nitrogens is 1. The summed E-state index contributed by atoms with van der Waals surface area (Å²) in [4.78, 5) is 5.47. The van der Waals surface area contributed by atoms with Gasteiger partial charge in [-0.05, 0) is 37.1 Å². The highest BCUT2D eigenvalue weighted by Gasteiger charge is 2.34. The van der Waals surface area contributed by atoms with E-state index >= 15 is 0 Å². The van der Waals surface area contributed by atoms with Crippen molar-refractivity contribution in [1.29, 1.82) is 5.26 Å². The second-order valence-electron chi connectivity index (χ2n) is 6.60. The highest BCUT2D eigenvalue weighted by Crippen LogP contribution is 2.30. The third kappa shape index (κ3) is 4.98. The molecule has 0 amide bonds. The molecule has 0 aliphatic carbocycles. The van der Waals surface area contributed by atoms with E-state index in [9.17, 15) is 27.2 Å². The maximum Gasteiger partial charge on any atom is 0.401 e. The fourth-order valence-corrected chi connectivity index (χ4v) is 3.35. The molecule has 1 fully saturated rings. The molecule has 1 N–H and O–H groups in total. The molecule has 1 saturated heterocycles. The number of anilines is 1. The quantitative estimate of drug-likeness (QED) is 0.743. The molecule has 2 heterocycles. The zero-order chi connectivity index (χ0) is 20.3. The lowest BCUT2D eigenvalue weighted by molar-refractivity contribution is -0.143. The zero-order valence-electron chi connectivity index (χ0n) is 14.6. The van der Waals surface area contributed by atoms with E-state index in [-0.39, 0.29) is 23.8 Å². The average Bonchev–Trinajstić information content (AvgIpc) is 3.04. The molecule has 28 heavy (non-hydrogen) atoms. The number of nitriles is 1. The Kier molecular flexibility index (Phi) is 5.84. The molecule has 1 aliphatic heterocycles. The first-order valence-electron chi connectivity index (χ1n) is 8.56. The highest BCUT2D eigenvalue weighted by atomic mass is 19.4. The number of nitrogens with one attached hydrogen (secondary N) is 1. The zero-order valence-corrected chi connectivity index (χ0v) is 14.6. The van der Waals surface area contributed by atoms with Crippen LogP contribution in [0.4, 0.5) is 27.6 Å². The molecule has 1 aromatic heterocycles. The van der Waals surface area contributed by atoms with E-state index in [4.69, 9.17) is 0 Å². The number of benzene rings is 1. The molecule has 0 saturated carbocycles. The minimum atomic E-state index is -4.24. The van der Waals surface area contributed by atoms with Gasteiger partial charge in [0.25, 0.3) is 0 Å². The topological polar surface area (TPSA) is 61.2 Å². The molecular weight excluding hydrogens is 383 g/mol. The Hall–Kier alpha value is -2.67. The molecule has 1 unspecified atom stereocenters. The number of pyridine rings is 1. The normalized spacial score (nSPS) is 17.8. The number of nitrogens with zero attached hydrogens (tertiary/aromatic N) is 3. The largest absolute Gasteiger partial charge is 0.435 e. The van der Waals surface area contributed by atoms with Crippen LogP contribution in [0.5, 0.6) is 5.75 Å². The summed E-state index contributed by atoms with van der Waals surface area (Å²) in [5, 5.41) is 12.9. The van der Waals surface area contributed by atoms with Crippen molar-refractivity contribution < 1.29 is 26.7 Å². The maximum atomic E-state index is 12.5. The number of ether oxygens (including phenoxy) is 1. The van der Waals surface area contributed by atoms with E-state index in [2.05, 4.69) is 15.0 Å². The van der Waals surface area contributed by atoms with E-state index in [1.54, 1.807) is 0 Å². The summed E-state index contributed by atoms with van der Waals surface area (Å²) in [6.45, 7) is -2.95. The minimum Gasteiger partial charge on any atom is -0.435 e. The Morgan fingerprint density at radius 1 is 1.36 bits per heavy atom. The Morgan fingerprint density at radius 2 is 2.14 bits per heavy atom. The van der Waals surface area contributed by atoms with Crippen LogP contribution in [-0.4, -0.2) is 48.9 Å². The van der Waals surface area contributed by atoms with Crippen LogP contribution in [0.15, 0.2) is 24.4 Å². The standard InChI is InChI=1S/C18H17F5N4O/c19-17(20)28-13-1-2-15-14(5-13)16(12(6-24)8-25-15)26-7-11-3-4-27(9-11)10-18(21,22)23/h1-2,5,8,11,17H,3-4,7,9-10H2,(H,25,26). The lowest BCUT2D eigenvalue weighted by Gasteiger charge is -2.19. The Balaban J connectivity index is 1.77. The predicted molar refractivity (Wildman–Crippen MR) is 92.2 cm³/mol.